The van der Waals surface area contributed by atoms with Gasteiger partial charge in [0, 0.05) is 16.3 Å². The molecule has 0 unspecified atom stereocenters. The molecule has 0 saturated heterocycles. The molecule has 2 amide bonds. The van der Waals surface area contributed by atoms with Gasteiger partial charge in [0.2, 0.25) is 17.4 Å². The van der Waals surface area contributed by atoms with Gasteiger partial charge in [-0.05, 0) is 57.3 Å². The van der Waals surface area contributed by atoms with Crippen molar-refractivity contribution in [3.05, 3.63) is 77.3 Å². The minimum Gasteiger partial charge on any atom is -0.455 e. The summed E-state index contributed by atoms with van der Waals surface area (Å²) in [6.07, 6.45) is 0. The van der Waals surface area contributed by atoms with Crippen LogP contribution in [0, 0.1) is 0 Å². The highest BCUT2D eigenvalue weighted by molar-refractivity contribution is 6.30. The van der Waals surface area contributed by atoms with Crippen LogP contribution in [-0.2, 0) is 15.2 Å². The lowest BCUT2D eigenvalue weighted by atomic mass is 9.92. The van der Waals surface area contributed by atoms with Crippen molar-refractivity contribution in [1.29, 1.82) is 0 Å². The molecule has 0 fully saturated rings. The van der Waals surface area contributed by atoms with E-state index in [1.807, 2.05) is 30.3 Å². The van der Waals surface area contributed by atoms with Crippen LogP contribution >= 0.6 is 11.6 Å². The Morgan fingerprint density at radius 1 is 1.09 bits per heavy atom. The van der Waals surface area contributed by atoms with Crippen molar-refractivity contribution >= 4 is 40.6 Å². The average molecular weight is 451 g/mol. The van der Waals surface area contributed by atoms with Gasteiger partial charge in [-0.1, -0.05) is 41.9 Å². The van der Waals surface area contributed by atoms with Crippen LogP contribution in [0.4, 0.5) is 17.2 Å². The molecule has 1 aliphatic heterocycles. The molecule has 0 radical (unpaired) electrons. The molecule has 2 atom stereocenters. The molecule has 1 aliphatic rings. The lowest BCUT2D eigenvalue weighted by Gasteiger charge is -2.40. The second-order valence-corrected chi connectivity index (χ2v) is 8.08. The summed E-state index contributed by atoms with van der Waals surface area (Å²) in [5.74, 6) is 0.0746. The summed E-state index contributed by atoms with van der Waals surface area (Å²) in [5.41, 5.74) is 0.482. The molecule has 0 spiro atoms. The lowest BCUT2D eigenvalue weighted by molar-refractivity contribution is -0.134. The average Bonchev–Trinajstić information content (AvgIpc) is 2.81. The van der Waals surface area contributed by atoms with E-state index in [0.29, 0.717) is 27.8 Å². The van der Waals surface area contributed by atoms with Crippen molar-refractivity contribution in [2.75, 3.05) is 17.3 Å². The Balaban J connectivity index is 1.82. The van der Waals surface area contributed by atoms with Crippen molar-refractivity contribution in [3.8, 4) is 5.88 Å². The Kier molecular flexibility index (Phi) is 5.86. The smallest absolute Gasteiger partial charge is 0.280 e. The van der Waals surface area contributed by atoms with Gasteiger partial charge >= 0.3 is 0 Å². The van der Waals surface area contributed by atoms with Crippen LogP contribution in [0.25, 0.3) is 0 Å². The van der Waals surface area contributed by atoms with E-state index in [1.54, 1.807) is 62.2 Å². The number of hydrogen-bond donors (Lipinski definition) is 2. The summed E-state index contributed by atoms with van der Waals surface area (Å²) in [5, 5.41) is 6.22. The summed E-state index contributed by atoms with van der Waals surface area (Å²) < 4.78 is 6.21. The lowest BCUT2D eigenvalue weighted by Crippen LogP contribution is -2.50. The van der Waals surface area contributed by atoms with Crippen molar-refractivity contribution < 1.29 is 14.3 Å². The molecule has 4 rings (SSSR count). The van der Waals surface area contributed by atoms with Crippen molar-refractivity contribution in [1.82, 2.24) is 10.3 Å². The number of nitrogens with one attached hydrogen (secondary N) is 2. The SMILES string of the molecule is CN[C@@H](C)C(=O)Nc1ccc2c(n1)O[C@@](C)(c1ccccc1)C(=O)N2c1ccc(Cl)cc1. The number of anilines is 3. The normalized spacial score (nSPS) is 18.5. The molecule has 164 valence electrons. The number of pyridine rings is 1. The van der Waals surface area contributed by atoms with Crippen LogP contribution in [0.1, 0.15) is 19.4 Å². The standard InChI is InChI=1S/C24H23ClN4O3/c1-15(26-3)21(30)27-20-14-13-19-22(28-20)32-24(2,16-7-5-4-6-8-16)23(31)29(19)18-11-9-17(25)10-12-18/h4-15,26H,1-3H3,(H,27,28,30)/t15-,24-/m0/s1. The van der Waals surface area contributed by atoms with Crippen LogP contribution in [0.3, 0.4) is 0 Å². The van der Waals surface area contributed by atoms with Crippen molar-refractivity contribution in [2.45, 2.75) is 25.5 Å². The molecule has 0 saturated carbocycles. The molecule has 32 heavy (non-hydrogen) atoms. The van der Waals surface area contributed by atoms with E-state index in [0.717, 1.165) is 0 Å². The Bertz CT molecular complexity index is 1150. The minimum atomic E-state index is -1.32. The van der Waals surface area contributed by atoms with Crippen LogP contribution in [-0.4, -0.2) is 29.9 Å². The maximum Gasteiger partial charge on any atom is 0.280 e. The van der Waals surface area contributed by atoms with Gasteiger partial charge in [-0.25, -0.2) is 0 Å². The first-order valence-electron chi connectivity index (χ1n) is 10.2. The molecular formula is C24H23ClN4O3. The number of halogens is 1. The minimum absolute atomic E-state index is 0.229. The van der Waals surface area contributed by atoms with E-state index in [2.05, 4.69) is 15.6 Å². The van der Waals surface area contributed by atoms with E-state index in [4.69, 9.17) is 16.3 Å². The first kappa shape index (κ1) is 21.8. The molecule has 2 heterocycles. The molecule has 7 nitrogen and oxygen atoms in total. The Morgan fingerprint density at radius 3 is 2.44 bits per heavy atom. The molecule has 0 aliphatic carbocycles. The molecule has 8 heteroatoms. The highest BCUT2D eigenvalue weighted by Gasteiger charge is 2.47. The highest BCUT2D eigenvalue weighted by atomic mass is 35.5. The first-order valence-corrected chi connectivity index (χ1v) is 10.5. The van der Waals surface area contributed by atoms with Gasteiger partial charge in [0.1, 0.15) is 11.5 Å². The van der Waals surface area contributed by atoms with Crippen LogP contribution in [0.5, 0.6) is 5.88 Å². The summed E-state index contributed by atoms with van der Waals surface area (Å²) >= 11 is 6.06. The zero-order chi connectivity index (χ0) is 22.9. The zero-order valence-electron chi connectivity index (χ0n) is 17.9. The third-order valence-corrected chi connectivity index (χ3v) is 5.73. The van der Waals surface area contributed by atoms with Gasteiger partial charge in [-0.3, -0.25) is 14.5 Å². The van der Waals surface area contributed by atoms with E-state index >= 15 is 0 Å². The maximum absolute atomic E-state index is 13.7. The van der Waals surface area contributed by atoms with E-state index < -0.39 is 11.6 Å². The first-order chi connectivity index (χ1) is 15.3. The largest absolute Gasteiger partial charge is 0.455 e. The third kappa shape index (κ3) is 3.92. The van der Waals surface area contributed by atoms with Crippen molar-refractivity contribution in [2.24, 2.45) is 0 Å². The summed E-state index contributed by atoms with van der Waals surface area (Å²) in [6, 6.07) is 19.2. The number of amides is 2. The number of benzene rings is 2. The van der Waals surface area contributed by atoms with E-state index in [1.165, 1.54) is 0 Å². The zero-order valence-corrected chi connectivity index (χ0v) is 18.7. The Hall–Kier alpha value is -3.42. The number of likely N-dealkylation sites (N-methyl/N-ethyl adjacent to an activating group) is 1. The summed E-state index contributed by atoms with van der Waals surface area (Å²) in [7, 11) is 1.70. The number of aromatic nitrogens is 1. The molecular weight excluding hydrogens is 428 g/mol. The number of carbonyl (C=O) groups excluding carboxylic acids is 2. The number of carbonyl (C=O) groups is 2. The number of hydrogen-bond acceptors (Lipinski definition) is 5. The molecule has 0 bridgehead atoms. The Morgan fingerprint density at radius 2 is 1.78 bits per heavy atom. The topological polar surface area (TPSA) is 83.6 Å². The van der Waals surface area contributed by atoms with Gasteiger partial charge in [0.05, 0.1) is 6.04 Å². The second kappa shape index (κ2) is 8.61. The van der Waals surface area contributed by atoms with Gasteiger partial charge < -0.3 is 15.4 Å². The quantitative estimate of drug-likeness (QED) is 0.607. The fourth-order valence-corrected chi connectivity index (χ4v) is 3.58. The van der Waals surface area contributed by atoms with E-state index in [-0.39, 0.29) is 17.7 Å². The molecule has 1 aromatic heterocycles. The number of rotatable bonds is 5. The number of fused-ring (bicyclic) bond motifs is 1. The molecule has 2 aromatic carbocycles. The van der Waals surface area contributed by atoms with Gasteiger partial charge in [-0.15, -0.1) is 0 Å². The van der Waals surface area contributed by atoms with Crippen LogP contribution < -0.4 is 20.3 Å². The van der Waals surface area contributed by atoms with Gasteiger partial charge in [0.25, 0.3) is 5.91 Å². The number of nitrogens with zero attached hydrogens (tertiary/aromatic N) is 2. The summed E-state index contributed by atoms with van der Waals surface area (Å²) in [4.78, 5) is 32.1. The van der Waals surface area contributed by atoms with Crippen LogP contribution in [0.2, 0.25) is 5.02 Å². The third-order valence-electron chi connectivity index (χ3n) is 5.48. The van der Waals surface area contributed by atoms with Crippen molar-refractivity contribution in [3.63, 3.8) is 0 Å². The molecule has 2 N–H and O–H groups in total. The highest BCUT2D eigenvalue weighted by Crippen LogP contribution is 2.45. The van der Waals surface area contributed by atoms with E-state index in [9.17, 15) is 9.59 Å². The Labute approximate surface area is 191 Å². The monoisotopic (exact) mass is 450 g/mol. The number of ether oxygens (including phenoxy) is 1. The maximum atomic E-state index is 13.7. The second-order valence-electron chi connectivity index (χ2n) is 7.64. The van der Waals surface area contributed by atoms with Crippen LogP contribution in [0.15, 0.2) is 66.7 Å². The summed E-state index contributed by atoms with van der Waals surface area (Å²) in [6.45, 7) is 3.46. The fourth-order valence-electron chi connectivity index (χ4n) is 3.46. The van der Waals surface area contributed by atoms with Gasteiger partial charge in [-0.2, -0.15) is 4.98 Å². The predicted octanol–water partition coefficient (Wildman–Crippen LogP) is 4.25. The predicted molar refractivity (Wildman–Crippen MR) is 124 cm³/mol. The fraction of sp³-hybridized carbons (Fsp3) is 0.208. The van der Waals surface area contributed by atoms with Gasteiger partial charge in [0.15, 0.2) is 0 Å². The molecule has 3 aromatic rings.